The van der Waals surface area contributed by atoms with Crippen LogP contribution in [0, 0.1) is 12.8 Å². The molecule has 0 saturated carbocycles. The van der Waals surface area contributed by atoms with E-state index in [0.29, 0.717) is 18.2 Å². The van der Waals surface area contributed by atoms with Crippen LogP contribution in [0.2, 0.25) is 0 Å². The van der Waals surface area contributed by atoms with Gasteiger partial charge in [-0.3, -0.25) is 0 Å². The van der Waals surface area contributed by atoms with Gasteiger partial charge in [-0.2, -0.15) is 0 Å². The zero-order chi connectivity index (χ0) is 19.3. The first-order chi connectivity index (χ1) is 13.7. The molecule has 1 N–H and O–H groups in total. The molecule has 3 heterocycles. The van der Waals surface area contributed by atoms with Gasteiger partial charge in [-0.1, -0.05) is 35.5 Å². The highest BCUT2D eigenvalue weighted by Gasteiger charge is 2.24. The van der Waals surface area contributed by atoms with Gasteiger partial charge in [0, 0.05) is 43.7 Å². The fourth-order valence-corrected chi connectivity index (χ4v) is 3.69. The average Bonchev–Trinajstić information content (AvgIpc) is 3.36. The maximum Gasteiger partial charge on any atom is 0.317 e. The molecule has 2 aromatic heterocycles. The molecule has 0 radical (unpaired) electrons. The molecule has 2 amide bonds. The molecule has 0 spiro atoms. The number of piperidine rings is 1. The van der Waals surface area contributed by atoms with Crippen molar-refractivity contribution in [3.8, 4) is 11.3 Å². The molecule has 7 nitrogen and oxygen atoms in total. The first-order valence-corrected chi connectivity index (χ1v) is 9.70. The van der Waals surface area contributed by atoms with Gasteiger partial charge in [-0.25, -0.2) is 9.78 Å². The number of amides is 2. The van der Waals surface area contributed by atoms with Crippen molar-refractivity contribution in [3.63, 3.8) is 0 Å². The zero-order valence-electron chi connectivity index (χ0n) is 16.0. The van der Waals surface area contributed by atoms with Crippen molar-refractivity contribution in [2.45, 2.75) is 32.9 Å². The number of likely N-dealkylation sites (tertiary alicyclic amines) is 1. The van der Waals surface area contributed by atoms with Gasteiger partial charge >= 0.3 is 6.03 Å². The van der Waals surface area contributed by atoms with Crippen LogP contribution in [0.25, 0.3) is 11.3 Å². The highest BCUT2D eigenvalue weighted by Crippen LogP contribution is 2.20. The number of carbonyl (C=O) groups is 1. The van der Waals surface area contributed by atoms with E-state index in [0.717, 1.165) is 49.6 Å². The van der Waals surface area contributed by atoms with Gasteiger partial charge < -0.3 is 19.3 Å². The highest BCUT2D eigenvalue weighted by atomic mass is 16.5. The molecular formula is C21H25N5O2. The van der Waals surface area contributed by atoms with Gasteiger partial charge in [0.05, 0.1) is 6.54 Å². The largest absolute Gasteiger partial charge is 0.359 e. The summed E-state index contributed by atoms with van der Waals surface area (Å²) in [5.74, 6) is 2.11. The Bertz CT molecular complexity index is 918. The second-order valence-electron chi connectivity index (χ2n) is 7.28. The number of urea groups is 1. The number of aryl methyl sites for hydroxylation is 1. The molecule has 28 heavy (non-hydrogen) atoms. The number of nitrogens with one attached hydrogen (secondary N) is 1. The van der Waals surface area contributed by atoms with Crippen LogP contribution in [0.15, 0.2) is 53.3 Å². The number of benzene rings is 1. The second-order valence-corrected chi connectivity index (χ2v) is 7.28. The normalized spacial score (nSPS) is 16.9. The van der Waals surface area contributed by atoms with Crippen LogP contribution in [-0.4, -0.2) is 38.7 Å². The predicted molar refractivity (Wildman–Crippen MR) is 105 cm³/mol. The summed E-state index contributed by atoms with van der Waals surface area (Å²) in [7, 11) is 0. The number of hydrogen-bond donors (Lipinski definition) is 1. The Morgan fingerprint density at radius 1 is 1.32 bits per heavy atom. The molecule has 1 atom stereocenters. The van der Waals surface area contributed by atoms with Crippen LogP contribution in [0.3, 0.4) is 0 Å². The van der Waals surface area contributed by atoms with Crippen LogP contribution in [0.4, 0.5) is 4.79 Å². The second kappa shape index (κ2) is 8.29. The number of nitrogens with zero attached hydrogens (tertiary/aromatic N) is 4. The summed E-state index contributed by atoms with van der Waals surface area (Å²) in [5, 5.41) is 7.05. The van der Waals surface area contributed by atoms with E-state index in [9.17, 15) is 4.79 Å². The maximum absolute atomic E-state index is 12.6. The number of rotatable bonds is 5. The van der Waals surface area contributed by atoms with E-state index in [1.165, 1.54) is 0 Å². The third kappa shape index (κ3) is 4.24. The SMILES string of the molecule is Cc1nccn1CC1CCCN(C(=O)NCc2cc(-c3ccccc3)no2)C1. The molecule has 3 aromatic rings. The monoisotopic (exact) mass is 379 g/mol. The van der Waals surface area contributed by atoms with Crippen LogP contribution in [0.5, 0.6) is 0 Å². The standard InChI is InChI=1S/C21H25N5O2/c1-16-22-9-11-25(16)14-17-6-5-10-26(15-17)21(27)23-13-19-12-20(24-28-19)18-7-3-2-4-8-18/h2-4,7-9,11-12,17H,5-6,10,13-15H2,1H3,(H,23,27). The van der Waals surface area contributed by atoms with E-state index >= 15 is 0 Å². The summed E-state index contributed by atoms with van der Waals surface area (Å²) in [6.45, 7) is 4.79. The molecule has 146 valence electrons. The lowest BCUT2D eigenvalue weighted by Crippen LogP contribution is -2.46. The fraction of sp³-hybridized carbons (Fsp3) is 0.381. The van der Waals surface area contributed by atoms with E-state index in [4.69, 9.17) is 4.52 Å². The summed E-state index contributed by atoms with van der Waals surface area (Å²) in [6, 6.07) is 11.7. The number of carbonyl (C=O) groups excluding carboxylic acids is 1. The third-order valence-corrected chi connectivity index (χ3v) is 5.23. The van der Waals surface area contributed by atoms with Crippen molar-refractivity contribution in [1.82, 2.24) is 24.9 Å². The molecule has 0 aliphatic carbocycles. The lowest BCUT2D eigenvalue weighted by atomic mass is 9.98. The van der Waals surface area contributed by atoms with Crippen molar-refractivity contribution in [2.24, 2.45) is 5.92 Å². The molecular weight excluding hydrogens is 354 g/mol. The van der Waals surface area contributed by atoms with Crippen molar-refractivity contribution in [2.75, 3.05) is 13.1 Å². The van der Waals surface area contributed by atoms with Gasteiger partial charge in [-0.15, -0.1) is 0 Å². The van der Waals surface area contributed by atoms with E-state index in [2.05, 4.69) is 20.0 Å². The van der Waals surface area contributed by atoms with Gasteiger partial charge in [0.15, 0.2) is 5.76 Å². The minimum absolute atomic E-state index is 0.0512. The Hall–Kier alpha value is -3.09. The predicted octanol–water partition coefficient (Wildman–Crippen LogP) is 3.47. The lowest BCUT2D eigenvalue weighted by molar-refractivity contribution is 0.158. The zero-order valence-corrected chi connectivity index (χ0v) is 16.0. The summed E-state index contributed by atoms with van der Waals surface area (Å²) < 4.78 is 7.53. The van der Waals surface area contributed by atoms with Crippen molar-refractivity contribution in [3.05, 3.63) is 60.4 Å². The molecule has 1 aromatic carbocycles. The van der Waals surface area contributed by atoms with Gasteiger partial charge in [0.2, 0.25) is 0 Å². The third-order valence-electron chi connectivity index (χ3n) is 5.23. The Morgan fingerprint density at radius 2 is 2.18 bits per heavy atom. The Morgan fingerprint density at radius 3 is 2.96 bits per heavy atom. The number of imidazole rings is 1. The fourth-order valence-electron chi connectivity index (χ4n) is 3.69. The van der Waals surface area contributed by atoms with Crippen LogP contribution in [0.1, 0.15) is 24.4 Å². The number of hydrogen-bond acceptors (Lipinski definition) is 4. The average molecular weight is 379 g/mol. The quantitative estimate of drug-likeness (QED) is 0.736. The van der Waals surface area contributed by atoms with Crippen LogP contribution >= 0.6 is 0 Å². The molecule has 7 heteroatoms. The highest BCUT2D eigenvalue weighted by molar-refractivity contribution is 5.74. The minimum Gasteiger partial charge on any atom is -0.359 e. The molecule has 1 aliphatic heterocycles. The first-order valence-electron chi connectivity index (χ1n) is 9.70. The summed E-state index contributed by atoms with van der Waals surface area (Å²) >= 11 is 0. The van der Waals surface area contributed by atoms with Crippen molar-refractivity contribution >= 4 is 6.03 Å². The summed E-state index contributed by atoms with van der Waals surface area (Å²) in [6.07, 6.45) is 5.97. The summed E-state index contributed by atoms with van der Waals surface area (Å²) in [5.41, 5.74) is 1.77. The van der Waals surface area contributed by atoms with Gasteiger partial charge in [-0.05, 0) is 25.7 Å². The van der Waals surface area contributed by atoms with Gasteiger partial charge in [0.1, 0.15) is 11.5 Å². The van der Waals surface area contributed by atoms with Crippen LogP contribution < -0.4 is 5.32 Å². The Kier molecular flexibility index (Phi) is 5.41. The molecule has 4 rings (SSSR count). The molecule has 1 aliphatic rings. The maximum atomic E-state index is 12.6. The first kappa shape index (κ1) is 18.3. The molecule has 1 fully saturated rings. The van der Waals surface area contributed by atoms with E-state index in [1.54, 1.807) is 0 Å². The topological polar surface area (TPSA) is 76.2 Å². The van der Waals surface area contributed by atoms with Crippen molar-refractivity contribution < 1.29 is 9.32 Å². The van der Waals surface area contributed by atoms with E-state index in [1.807, 2.05) is 60.6 Å². The van der Waals surface area contributed by atoms with Gasteiger partial charge in [0.25, 0.3) is 0 Å². The summed E-state index contributed by atoms with van der Waals surface area (Å²) in [4.78, 5) is 18.8. The number of aromatic nitrogens is 3. The Labute approximate surface area is 164 Å². The lowest BCUT2D eigenvalue weighted by Gasteiger charge is -2.33. The Balaban J connectivity index is 1.30. The van der Waals surface area contributed by atoms with E-state index in [-0.39, 0.29) is 6.03 Å². The van der Waals surface area contributed by atoms with Crippen LogP contribution in [-0.2, 0) is 13.1 Å². The molecule has 1 unspecified atom stereocenters. The smallest absolute Gasteiger partial charge is 0.317 e. The van der Waals surface area contributed by atoms with E-state index < -0.39 is 0 Å². The van der Waals surface area contributed by atoms with Crippen molar-refractivity contribution in [1.29, 1.82) is 0 Å². The molecule has 0 bridgehead atoms. The molecule has 1 saturated heterocycles. The minimum atomic E-state index is -0.0512.